The van der Waals surface area contributed by atoms with Crippen molar-refractivity contribution in [1.29, 1.82) is 0 Å². The zero-order chi connectivity index (χ0) is 16.2. The minimum absolute atomic E-state index is 0.0501. The average Bonchev–Trinajstić information content (AvgIpc) is 2.42. The second-order valence-electron chi connectivity index (χ2n) is 6.52. The van der Waals surface area contributed by atoms with Gasteiger partial charge in [0.1, 0.15) is 0 Å². The monoisotopic (exact) mass is 316 g/mol. The molecule has 1 aromatic heterocycles. The molecule has 3 rings (SSSR count). The van der Waals surface area contributed by atoms with Gasteiger partial charge in [0.15, 0.2) is 0 Å². The van der Waals surface area contributed by atoms with Crippen molar-refractivity contribution in [3.05, 3.63) is 29.6 Å². The molecule has 1 aromatic rings. The Morgan fingerprint density at radius 1 is 1.35 bits per heavy atom. The Morgan fingerprint density at radius 3 is 2.78 bits per heavy atom. The van der Waals surface area contributed by atoms with E-state index in [0.717, 1.165) is 31.2 Å². The third-order valence-corrected chi connectivity index (χ3v) is 4.80. The lowest BCUT2D eigenvalue weighted by atomic mass is 9.84. The van der Waals surface area contributed by atoms with Crippen LogP contribution in [0.1, 0.15) is 30.4 Å². The highest BCUT2D eigenvalue weighted by molar-refractivity contribution is 5.80. The molecular weight excluding hydrogens is 292 g/mol. The van der Waals surface area contributed by atoms with Crippen molar-refractivity contribution in [3.8, 4) is 0 Å². The molecule has 2 aliphatic rings. The van der Waals surface area contributed by atoms with Crippen molar-refractivity contribution in [1.82, 2.24) is 20.5 Å². The first-order valence-electron chi connectivity index (χ1n) is 8.36. The fourth-order valence-electron chi connectivity index (χ4n) is 2.92. The SMILES string of the molecule is Cc1cnccc1CCNC(=O)N1CC(NC(=O)C2CCC2)C1. The number of hydrogen-bond acceptors (Lipinski definition) is 3. The van der Waals surface area contributed by atoms with E-state index in [2.05, 4.69) is 15.6 Å². The summed E-state index contributed by atoms with van der Waals surface area (Å²) in [6, 6.07) is 2.05. The number of pyridine rings is 1. The molecule has 1 saturated carbocycles. The maximum absolute atomic E-state index is 12.0. The van der Waals surface area contributed by atoms with E-state index in [1.54, 1.807) is 11.1 Å². The van der Waals surface area contributed by atoms with Crippen LogP contribution in [0.2, 0.25) is 0 Å². The summed E-state index contributed by atoms with van der Waals surface area (Å²) in [5.74, 6) is 0.371. The summed E-state index contributed by atoms with van der Waals surface area (Å²) in [5.41, 5.74) is 2.35. The van der Waals surface area contributed by atoms with Gasteiger partial charge in [0, 0.05) is 37.9 Å². The van der Waals surface area contributed by atoms with Crippen molar-refractivity contribution in [3.63, 3.8) is 0 Å². The Bertz CT molecular complexity index is 580. The number of carbonyl (C=O) groups excluding carboxylic acids is 2. The van der Waals surface area contributed by atoms with Gasteiger partial charge in [-0.3, -0.25) is 9.78 Å². The summed E-state index contributed by atoms with van der Waals surface area (Å²) >= 11 is 0. The smallest absolute Gasteiger partial charge is 0.317 e. The van der Waals surface area contributed by atoms with E-state index in [4.69, 9.17) is 0 Å². The van der Waals surface area contributed by atoms with E-state index in [9.17, 15) is 9.59 Å². The van der Waals surface area contributed by atoms with Gasteiger partial charge in [0.2, 0.25) is 5.91 Å². The van der Waals surface area contributed by atoms with E-state index in [0.29, 0.717) is 19.6 Å². The second-order valence-corrected chi connectivity index (χ2v) is 6.52. The molecule has 0 unspecified atom stereocenters. The molecule has 0 radical (unpaired) electrons. The van der Waals surface area contributed by atoms with Gasteiger partial charge in [0.25, 0.3) is 0 Å². The highest BCUT2D eigenvalue weighted by Gasteiger charge is 2.34. The quantitative estimate of drug-likeness (QED) is 0.858. The Labute approximate surface area is 136 Å². The topological polar surface area (TPSA) is 74.3 Å². The maximum Gasteiger partial charge on any atom is 0.317 e. The lowest BCUT2D eigenvalue weighted by Crippen LogP contribution is -2.63. The Balaban J connectivity index is 1.33. The van der Waals surface area contributed by atoms with E-state index in [-0.39, 0.29) is 23.9 Å². The van der Waals surface area contributed by atoms with Gasteiger partial charge in [-0.25, -0.2) is 4.79 Å². The fraction of sp³-hybridized carbons (Fsp3) is 0.588. The molecule has 1 saturated heterocycles. The third kappa shape index (κ3) is 3.81. The van der Waals surface area contributed by atoms with Crippen molar-refractivity contribution < 1.29 is 9.59 Å². The van der Waals surface area contributed by atoms with E-state index >= 15 is 0 Å². The predicted octanol–water partition coefficient (Wildman–Crippen LogP) is 1.24. The molecule has 6 nitrogen and oxygen atoms in total. The van der Waals surface area contributed by atoms with Gasteiger partial charge in [-0.15, -0.1) is 0 Å². The van der Waals surface area contributed by atoms with Crippen LogP contribution in [-0.2, 0) is 11.2 Å². The van der Waals surface area contributed by atoms with Crippen molar-refractivity contribution >= 4 is 11.9 Å². The summed E-state index contributed by atoms with van der Waals surface area (Å²) < 4.78 is 0. The van der Waals surface area contributed by atoms with Gasteiger partial charge in [-0.2, -0.15) is 0 Å². The molecule has 3 amide bonds. The van der Waals surface area contributed by atoms with Gasteiger partial charge < -0.3 is 15.5 Å². The minimum atomic E-state index is -0.0501. The number of nitrogens with one attached hydrogen (secondary N) is 2. The summed E-state index contributed by atoms with van der Waals surface area (Å²) in [6.45, 7) is 3.85. The molecule has 0 aromatic carbocycles. The van der Waals surface area contributed by atoms with Crippen LogP contribution in [-0.4, -0.2) is 47.5 Å². The molecule has 2 heterocycles. The highest BCUT2D eigenvalue weighted by atomic mass is 16.2. The lowest BCUT2D eigenvalue weighted by molar-refractivity contribution is -0.129. The number of urea groups is 1. The van der Waals surface area contributed by atoms with E-state index < -0.39 is 0 Å². The zero-order valence-corrected chi connectivity index (χ0v) is 13.5. The van der Waals surface area contributed by atoms with E-state index in [1.807, 2.05) is 19.2 Å². The van der Waals surface area contributed by atoms with Crippen LogP contribution in [0.5, 0.6) is 0 Å². The van der Waals surface area contributed by atoms with Crippen LogP contribution < -0.4 is 10.6 Å². The largest absolute Gasteiger partial charge is 0.350 e. The van der Waals surface area contributed by atoms with Crippen LogP contribution in [0, 0.1) is 12.8 Å². The number of hydrogen-bond donors (Lipinski definition) is 2. The average molecular weight is 316 g/mol. The summed E-state index contributed by atoms with van der Waals surface area (Å²) in [6.07, 6.45) is 7.59. The molecule has 2 fully saturated rings. The predicted molar refractivity (Wildman–Crippen MR) is 86.9 cm³/mol. The number of amides is 3. The van der Waals surface area contributed by atoms with Crippen molar-refractivity contribution in [2.45, 2.75) is 38.6 Å². The first-order valence-corrected chi connectivity index (χ1v) is 8.36. The van der Waals surface area contributed by atoms with Crippen LogP contribution in [0.3, 0.4) is 0 Å². The van der Waals surface area contributed by atoms with Gasteiger partial charge in [-0.05, 0) is 43.4 Å². The van der Waals surface area contributed by atoms with Crippen LogP contribution in [0.25, 0.3) is 0 Å². The molecule has 6 heteroatoms. The molecule has 23 heavy (non-hydrogen) atoms. The van der Waals surface area contributed by atoms with Gasteiger partial charge in [-0.1, -0.05) is 6.42 Å². The van der Waals surface area contributed by atoms with Gasteiger partial charge >= 0.3 is 6.03 Å². The van der Waals surface area contributed by atoms with E-state index in [1.165, 1.54) is 5.56 Å². The van der Waals surface area contributed by atoms with Crippen molar-refractivity contribution in [2.75, 3.05) is 19.6 Å². The molecule has 1 aliphatic carbocycles. The van der Waals surface area contributed by atoms with Crippen molar-refractivity contribution in [2.24, 2.45) is 5.92 Å². The molecule has 2 N–H and O–H groups in total. The fourth-order valence-corrected chi connectivity index (χ4v) is 2.92. The zero-order valence-electron chi connectivity index (χ0n) is 13.5. The second kappa shape index (κ2) is 6.98. The normalized spacial score (nSPS) is 18.0. The Kier molecular flexibility index (Phi) is 4.79. The van der Waals surface area contributed by atoms with Crippen LogP contribution >= 0.6 is 0 Å². The standard InChI is InChI=1S/C17H24N4O2/c1-12-9-18-7-5-13(12)6-8-19-17(23)21-10-15(11-21)20-16(22)14-3-2-4-14/h5,7,9,14-15H,2-4,6,8,10-11H2,1H3,(H,19,23)(H,20,22). The molecule has 124 valence electrons. The first-order chi connectivity index (χ1) is 11.1. The number of aryl methyl sites for hydroxylation is 1. The highest BCUT2D eigenvalue weighted by Crippen LogP contribution is 2.26. The Hall–Kier alpha value is -2.11. The van der Waals surface area contributed by atoms with Crippen LogP contribution in [0.4, 0.5) is 4.79 Å². The van der Waals surface area contributed by atoms with Crippen LogP contribution in [0.15, 0.2) is 18.5 Å². The van der Waals surface area contributed by atoms with Gasteiger partial charge in [0.05, 0.1) is 6.04 Å². The summed E-state index contributed by atoms with van der Waals surface area (Å²) in [5, 5.41) is 5.96. The Morgan fingerprint density at radius 2 is 2.13 bits per heavy atom. The number of likely N-dealkylation sites (tertiary alicyclic amines) is 1. The molecular formula is C17H24N4O2. The molecule has 0 bridgehead atoms. The molecule has 1 aliphatic heterocycles. The number of carbonyl (C=O) groups is 2. The number of rotatable bonds is 5. The molecule has 0 atom stereocenters. The molecule has 0 spiro atoms. The summed E-state index contributed by atoms with van der Waals surface area (Å²) in [7, 11) is 0. The maximum atomic E-state index is 12.0. The first kappa shape index (κ1) is 15.8. The number of aromatic nitrogens is 1. The summed E-state index contributed by atoms with van der Waals surface area (Å²) in [4.78, 5) is 29.7. The third-order valence-electron chi connectivity index (χ3n) is 4.80. The lowest BCUT2D eigenvalue weighted by Gasteiger charge is -2.40. The minimum Gasteiger partial charge on any atom is -0.350 e. The number of nitrogens with zero attached hydrogens (tertiary/aromatic N) is 2.